The van der Waals surface area contributed by atoms with Crippen LogP contribution in [-0.2, 0) is 11.3 Å². The van der Waals surface area contributed by atoms with Crippen molar-refractivity contribution in [3.63, 3.8) is 0 Å². The topological polar surface area (TPSA) is 99.1 Å². The number of nitrogens with zero attached hydrogens (tertiary/aromatic N) is 3. The van der Waals surface area contributed by atoms with Gasteiger partial charge in [0.1, 0.15) is 17.4 Å². The van der Waals surface area contributed by atoms with Gasteiger partial charge in [-0.3, -0.25) is 9.59 Å². The molecule has 0 atom stereocenters. The van der Waals surface area contributed by atoms with Gasteiger partial charge in [-0.15, -0.1) is 11.3 Å². The van der Waals surface area contributed by atoms with E-state index in [2.05, 4.69) is 9.97 Å². The zero-order valence-corrected chi connectivity index (χ0v) is 17.5. The van der Waals surface area contributed by atoms with Gasteiger partial charge in [-0.25, -0.2) is 4.98 Å². The van der Waals surface area contributed by atoms with Gasteiger partial charge in [0.05, 0.1) is 25.1 Å². The van der Waals surface area contributed by atoms with Crippen LogP contribution in [0.15, 0.2) is 51.7 Å². The van der Waals surface area contributed by atoms with Crippen molar-refractivity contribution in [1.29, 1.82) is 5.26 Å². The Morgan fingerprint density at radius 1 is 1.34 bits per heavy atom. The summed E-state index contributed by atoms with van der Waals surface area (Å²) in [5.41, 5.74) is 0.299. The van der Waals surface area contributed by atoms with Crippen LogP contribution in [0.2, 0.25) is 0 Å². The number of H-pyrrole nitrogens is 1. The molecule has 0 radical (unpaired) electrons. The van der Waals surface area contributed by atoms with Crippen LogP contribution in [0.1, 0.15) is 10.4 Å². The van der Waals surface area contributed by atoms with Crippen LogP contribution in [0.5, 0.6) is 5.75 Å². The summed E-state index contributed by atoms with van der Waals surface area (Å²) in [6, 6.07) is 12.8. The monoisotopic (exact) mass is 426 g/mol. The summed E-state index contributed by atoms with van der Waals surface area (Å²) in [4.78, 5) is 34.4. The maximum atomic E-state index is 12.4. The van der Waals surface area contributed by atoms with E-state index in [0.717, 1.165) is 16.6 Å². The van der Waals surface area contributed by atoms with E-state index < -0.39 is 5.56 Å². The van der Waals surface area contributed by atoms with E-state index in [4.69, 9.17) is 4.74 Å². The van der Waals surface area contributed by atoms with Crippen molar-refractivity contribution in [2.75, 3.05) is 19.9 Å². The van der Waals surface area contributed by atoms with Gasteiger partial charge < -0.3 is 14.6 Å². The number of nitriles is 1. The number of rotatable bonds is 7. The fraction of sp³-hybridized carbons (Fsp3) is 0.200. The van der Waals surface area contributed by atoms with Crippen molar-refractivity contribution in [2.45, 2.75) is 11.7 Å². The zero-order chi connectivity index (χ0) is 20.8. The molecular weight excluding hydrogens is 408 g/mol. The number of carbonyl (C=O) groups excluding carboxylic acids is 1. The number of hydrogen-bond acceptors (Lipinski definition) is 7. The van der Waals surface area contributed by atoms with Gasteiger partial charge in [0, 0.05) is 17.5 Å². The molecule has 29 heavy (non-hydrogen) atoms. The lowest BCUT2D eigenvalue weighted by Crippen LogP contribution is -2.27. The minimum Gasteiger partial charge on any atom is -0.497 e. The molecule has 0 unspecified atom stereocenters. The number of thiophene rings is 1. The van der Waals surface area contributed by atoms with Crippen LogP contribution >= 0.6 is 23.1 Å². The van der Waals surface area contributed by atoms with Crippen LogP contribution in [-0.4, -0.2) is 40.7 Å². The first kappa shape index (κ1) is 20.6. The number of methoxy groups -OCH3 is 1. The number of carbonyl (C=O) groups is 1. The largest absolute Gasteiger partial charge is 0.497 e. The van der Waals surface area contributed by atoms with Gasteiger partial charge in [-0.05, 0) is 35.7 Å². The van der Waals surface area contributed by atoms with E-state index in [0.29, 0.717) is 17.9 Å². The van der Waals surface area contributed by atoms with E-state index >= 15 is 0 Å². The lowest BCUT2D eigenvalue weighted by molar-refractivity contribution is -0.127. The highest BCUT2D eigenvalue weighted by molar-refractivity contribution is 7.99. The van der Waals surface area contributed by atoms with Gasteiger partial charge in [-0.1, -0.05) is 17.8 Å². The lowest BCUT2D eigenvalue weighted by Gasteiger charge is -2.15. The first-order chi connectivity index (χ1) is 14.0. The van der Waals surface area contributed by atoms with E-state index in [1.807, 2.05) is 23.6 Å². The predicted molar refractivity (Wildman–Crippen MR) is 113 cm³/mol. The Morgan fingerprint density at radius 3 is 2.72 bits per heavy atom. The molecule has 1 aromatic carbocycles. The molecule has 3 aromatic rings. The number of nitrogens with one attached hydrogen (secondary N) is 1. The first-order valence-corrected chi connectivity index (χ1v) is 10.5. The van der Waals surface area contributed by atoms with E-state index in [9.17, 15) is 14.9 Å². The Bertz CT molecular complexity index is 1090. The summed E-state index contributed by atoms with van der Waals surface area (Å²) in [6.07, 6.45) is 0. The second kappa shape index (κ2) is 9.41. The highest BCUT2D eigenvalue weighted by atomic mass is 32.2. The third-order valence-electron chi connectivity index (χ3n) is 4.10. The molecule has 0 saturated carbocycles. The molecule has 9 heteroatoms. The minimum atomic E-state index is -0.532. The van der Waals surface area contributed by atoms with Gasteiger partial charge in [0.2, 0.25) is 5.91 Å². The SMILES string of the molecule is COc1ccc(-c2nc(SCC(=O)N(C)Cc3cccs3)[nH]c(=O)c2C#N)cc1. The quantitative estimate of drug-likeness (QED) is 0.460. The number of aromatic nitrogens is 2. The van der Waals surface area contributed by atoms with E-state index in [1.54, 1.807) is 54.7 Å². The van der Waals surface area contributed by atoms with Crippen molar-refractivity contribution in [3.05, 3.63) is 62.6 Å². The summed E-state index contributed by atoms with van der Waals surface area (Å²) in [6.45, 7) is 0.533. The standard InChI is InChI=1S/C20H18N4O3S2/c1-24(11-15-4-3-9-28-15)17(25)12-29-20-22-18(16(10-21)19(26)23-20)13-5-7-14(27-2)8-6-13/h3-9H,11-12H2,1-2H3,(H,22,23,26). The maximum Gasteiger partial charge on any atom is 0.270 e. The average Bonchev–Trinajstić information content (AvgIpc) is 3.24. The first-order valence-electron chi connectivity index (χ1n) is 8.59. The maximum absolute atomic E-state index is 12.4. The molecule has 3 rings (SSSR count). The molecule has 1 N–H and O–H groups in total. The van der Waals surface area contributed by atoms with Crippen LogP contribution in [0.4, 0.5) is 0 Å². The normalized spacial score (nSPS) is 10.4. The molecule has 0 spiro atoms. The van der Waals surface area contributed by atoms with Crippen molar-refractivity contribution < 1.29 is 9.53 Å². The highest BCUT2D eigenvalue weighted by Gasteiger charge is 2.16. The number of aromatic amines is 1. The smallest absolute Gasteiger partial charge is 0.270 e. The molecule has 0 saturated heterocycles. The summed E-state index contributed by atoms with van der Waals surface area (Å²) < 4.78 is 5.13. The molecule has 0 bridgehead atoms. The van der Waals surface area contributed by atoms with Crippen molar-refractivity contribution in [1.82, 2.24) is 14.9 Å². The van der Waals surface area contributed by atoms with Crippen molar-refractivity contribution in [2.24, 2.45) is 0 Å². The molecular formula is C20H18N4O3S2. The summed E-state index contributed by atoms with van der Waals surface area (Å²) in [5, 5.41) is 11.6. The fourth-order valence-corrected chi connectivity index (χ4v) is 4.11. The summed E-state index contributed by atoms with van der Waals surface area (Å²) in [7, 11) is 3.29. The fourth-order valence-electron chi connectivity index (χ4n) is 2.55. The second-order valence-corrected chi connectivity index (χ2v) is 8.05. The van der Waals surface area contributed by atoms with Crippen LogP contribution in [0.3, 0.4) is 0 Å². The van der Waals surface area contributed by atoms with Crippen molar-refractivity contribution >= 4 is 29.0 Å². The molecule has 0 aliphatic rings. The lowest BCUT2D eigenvalue weighted by atomic mass is 10.1. The minimum absolute atomic E-state index is 0.0688. The molecule has 0 fully saturated rings. The number of amides is 1. The van der Waals surface area contributed by atoms with Crippen LogP contribution in [0, 0.1) is 11.3 Å². The number of ether oxygens (including phenoxy) is 1. The Labute approximate surface area is 176 Å². The van der Waals surface area contributed by atoms with Crippen LogP contribution < -0.4 is 10.3 Å². The average molecular weight is 427 g/mol. The molecule has 2 heterocycles. The van der Waals surface area contributed by atoms with E-state index in [-0.39, 0.29) is 28.1 Å². The second-order valence-electron chi connectivity index (χ2n) is 6.05. The van der Waals surface area contributed by atoms with Gasteiger partial charge in [-0.2, -0.15) is 5.26 Å². The third-order valence-corrected chi connectivity index (χ3v) is 5.82. The van der Waals surface area contributed by atoms with Gasteiger partial charge in [0.25, 0.3) is 5.56 Å². The molecule has 2 aromatic heterocycles. The summed E-state index contributed by atoms with van der Waals surface area (Å²) in [5.74, 6) is 0.700. The molecule has 148 valence electrons. The molecule has 7 nitrogen and oxygen atoms in total. The van der Waals surface area contributed by atoms with E-state index in [1.165, 1.54) is 0 Å². The molecule has 0 aliphatic carbocycles. The van der Waals surface area contributed by atoms with Crippen molar-refractivity contribution in [3.8, 4) is 23.1 Å². The Balaban J connectivity index is 1.77. The van der Waals surface area contributed by atoms with Gasteiger partial charge in [0.15, 0.2) is 5.16 Å². The Morgan fingerprint density at radius 2 is 2.10 bits per heavy atom. The number of thioether (sulfide) groups is 1. The van der Waals surface area contributed by atoms with Gasteiger partial charge >= 0.3 is 0 Å². The molecule has 0 aliphatic heterocycles. The zero-order valence-electron chi connectivity index (χ0n) is 15.8. The predicted octanol–water partition coefficient (Wildman–Crippen LogP) is 3.13. The number of benzene rings is 1. The summed E-state index contributed by atoms with van der Waals surface area (Å²) >= 11 is 2.72. The third kappa shape index (κ3) is 5.04. The highest BCUT2D eigenvalue weighted by Crippen LogP contribution is 2.24. The molecule has 1 amide bonds. The Kier molecular flexibility index (Phi) is 6.69. The Hall–Kier alpha value is -3.09. The number of hydrogen-bond donors (Lipinski definition) is 1. The van der Waals surface area contributed by atoms with Crippen LogP contribution in [0.25, 0.3) is 11.3 Å².